The third-order valence-corrected chi connectivity index (χ3v) is 5.24. The van der Waals surface area contributed by atoms with Gasteiger partial charge in [-0.2, -0.15) is 0 Å². The van der Waals surface area contributed by atoms with E-state index in [0.717, 1.165) is 25.7 Å². The summed E-state index contributed by atoms with van der Waals surface area (Å²) in [5.41, 5.74) is -0.415. The fourth-order valence-corrected chi connectivity index (χ4v) is 3.70. The Bertz CT molecular complexity index is 538. The van der Waals surface area contributed by atoms with E-state index in [2.05, 4.69) is 11.9 Å². The Morgan fingerprint density at radius 1 is 1.41 bits per heavy atom. The van der Waals surface area contributed by atoms with E-state index in [9.17, 15) is 13.2 Å². The highest BCUT2D eigenvalue weighted by Gasteiger charge is 2.28. The van der Waals surface area contributed by atoms with Crippen LogP contribution < -0.4 is 0 Å². The number of hydrogen-bond donors (Lipinski definition) is 1. The van der Waals surface area contributed by atoms with E-state index < -0.39 is 21.2 Å². The summed E-state index contributed by atoms with van der Waals surface area (Å²) in [4.78, 5) is 13.7. The zero-order chi connectivity index (χ0) is 16.4. The molecule has 2 rings (SSSR count). The van der Waals surface area contributed by atoms with Gasteiger partial charge in [-0.25, -0.2) is 18.2 Å². The predicted octanol–water partition coefficient (Wildman–Crippen LogP) is 2.51. The van der Waals surface area contributed by atoms with Crippen molar-refractivity contribution in [2.24, 2.45) is 0 Å². The van der Waals surface area contributed by atoms with Crippen LogP contribution in [0.2, 0.25) is 0 Å². The van der Waals surface area contributed by atoms with Gasteiger partial charge in [-0.3, -0.25) is 0 Å². The average Bonchev–Trinajstić information content (AvgIpc) is 3.04. The molecule has 2 heterocycles. The van der Waals surface area contributed by atoms with Gasteiger partial charge in [-0.15, -0.1) is 0 Å². The van der Waals surface area contributed by atoms with Crippen LogP contribution in [0, 0.1) is 0 Å². The van der Waals surface area contributed by atoms with Gasteiger partial charge in [0.15, 0.2) is 15.3 Å². The van der Waals surface area contributed by atoms with Gasteiger partial charge >= 0.3 is 5.97 Å². The first-order chi connectivity index (χ1) is 10.5. The molecule has 1 aliphatic rings. The number of carboxylic acids is 1. The minimum absolute atomic E-state index is 0.0810. The zero-order valence-electron chi connectivity index (χ0n) is 12.8. The van der Waals surface area contributed by atoms with Crippen molar-refractivity contribution in [2.45, 2.75) is 44.5 Å². The van der Waals surface area contributed by atoms with Crippen molar-refractivity contribution in [3.63, 3.8) is 0 Å². The van der Waals surface area contributed by atoms with Crippen LogP contribution in [0.4, 0.5) is 0 Å². The lowest BCUT2D eigenvalue weighted by Gasteiger charge is -2.10. The second-order valence-corrected chi connectivity index (χ2v) is 7.30. The van der Waals surface area contributed by atoms with Gasteiger partial charge in [0.25, 0.3) is 0 Å². The molecule has 1 aromatic rings. The first-order valence-corrected chi connectivity index (χ1v) is 9.16. The molecule has 1 aliphatic heterocycles. The lowest BCUT2D eigenvalue weighted by Crippen LogP contribution is -2.22. The third kappa shape index (κ3) is 6.53. The fourth-order valence-electron chi connectivity index (χ4n) is 2.01. The number of hydrogen-bond acceptors (Lipinski definition) is 5. The molecule has 0 aromatic carbocycles. The molecule has 1 aromatic heterocycles. The number of sulfone groups is 1. The summed E-state index contributed by atoms with van der Waals surface area (Å²) < 4.78 is 28.3. The van der Waals surface area contributed by atoms with E-state index in [1.54, 1.807) is 12.1 Å². The minimum Gasteiger partial charge on any atom is -0.477 e. The highest BCUT2D eigenvalue weighted by molar-refractivity contribution is 7.91. The molecule has 1 saturated heterocycles. The van der Waals surface area contributed by atoms with Crippen molar-refractivity contribution < 1.29 is 23.1 Å². The molecule has 1 N–H and O–H groups in total. The molecule has 0 bridgehead atoms. The van der Waals surface area contributed by atoms with Gasteiger partial charge in [0, 0.05) is 12.8 Å². The number of pyridine rings is 1. The zero-order valence-corrected chi connectivity index (χ0v) is 13.6. The number of carboxylic acid groups (broad SMARTS) is 1. The lowest BCUT2D eigenvalue weighted by molar-refractivity contribution is 0.0690. The van der Waals surface area contributed by atoms with Crippen LogP contribution in [0.25, 0.3) is 0 Å². The number of carbonyl (C=O) groups is 1. The summed E-state index contributed by atoms with van der Waals surface area (Å²) in [7, 11) is -2.95. The summed E-state index contributed by atoms with van der Waals surface area (Å²) in [5, 5.41) is 8.32. The number of ether oxygens (including phenoxy) is 1. The smallest absolute Gasteiger partial charge is 0.354 e. The van der Waals surface area contributed by atoms with Gasteiger partial charge < -0.3 is 9.84 Å². The molecular weight excluding hydrogens is 306 g/mol. The number of aromatic nitrogens is 1. The average molecular weight is 329 g/mol. The standard InChI is InChI=1S/C9H18O3S.C6H5NO2/c1-2-3-4-8-13(10,11)9-6-5-7-12-9;8-6(9)5-3-1-2-4-7-5/h9H,2-8H2,1H3;1-4H,(H,8,9). The van der Waals surface area contributed by atoms with E-state index in [0.29, 0.717) is 18.8 Å². The number of aromatic carboxylic acids is 1. The molecule has 1 unspecified atom stereocenters. The minimum atomic E-state index is -2.95. The normalized spacial score (nSPS) is 17.6. The van der Waals surface area contributed by atoms with Crippen molar-refractivity contribution >= 4 is 15.8 Å². The van der Waals surface area contributed by atoms with E-state index >= 15 is 0 Å². The highest BCUT2D eigenvalue weighted by atomic mass is 32.2. The second-order valence-electron chi connectivity index (χ2n) is 5.04. The summed E-state index contributed by atoms with van der Waals surface area (Å²) in [6.45, 7) is 2.68. The Labute approximate surface area is 131 Å². The molecule has 124 valence electrons. The Balaban J connectivity index is 0.000000235. The third-order valence-electron chi connectivity index (χ3n) is 3.20. The SMILES string of the molecule is CCCCCS(=O)(=O)C1CCCO1.O=C(O)c1ccccn1. The summed E-state index contributed by atoms with van der Waals surface area (Å²) in [5.74, 6) is -0.693. The van der Waals surface area contributed by atoms with Crippen LogP contribution in [0.3, 0.4) is 0 Å². The molecule has 0 aliphatic carbocycles. The van der Waals surface area contributed by atoms with Crippen LogP contribution >= 0.6 is 0 Å². The number of nitrogens with zero attached hydrogens (tertiary/aromatic N) is 1. The number of unbranched alkanes of at least 4 members (excludes halogenated alkanes) is 2. The van der Waals surface area contributed by atoms with Crippen LogP contribution in [0.5, 0.6) is 0 Å². The van der Waals surface area contributed by atoms with Crippen LogP contribution in [-0.2, 0) is 14.6 Å². The van der Waals surface area contributed by atoms with Crippen molar-refractivity contribution in [1.29, 1.82) is 0 Å². The van der Waals surface area contributed by atoms with Crippen molar-refractivity contribution in [2.75, 3.05) is 12.4 Å². The maximum atomic E-state index is 11.6. The van der Waals surface area contributed by atoms with E-state index in [1.165, 1.54) is 12.3 Å². The Hall–Kier alpha value is -1.47. The molecule has 1 atom stereocenters. The molecule has 22 heavy (non-hydrogen) atoms. The summed E-state index contributed by atoms with van der Waals surface area (Å²) in [6, 6.07) is 4.76. The van der Waals surface area contributed by atoms with Gasteiger partial charge in [0.1, 0.15) is 5.69 Å². The first-order valence-electron chi connectivity index (χ1n) is 7.45. The topological polar surface area (TPSA) is 93.6 Å². The van der Waals surface area contributed by atoms with Gasteiger partial charge in [0.05, 0.1) is 5.75 Å². The van der Waals surface area contributed by atoms with Crippen LogP contribution in [0.15, 0.2) is 24.4 Å². The summed E-state index contributed by atoms with van der Waals surface area (Å²) >= 11 is 0. The molecule has 0 radical (unpaired) electrons. The maximum absolute atomic E-state index is 11.6. The monoisotopic (exact) mass is 329 g/mol. The molecule has 0 spiro atoms. The molecule has 1 fully saturated rings. The first kappa shape index (κ1) is 18.6. The molecule has 6 nitrogen and oxygen atoms in total. The number of rotatable bonds is 6. The molecule has 0 saturated carbocycles. The lowest BCUT2D eigenvalue weighted by atomic mass is 10.3. The van der Waals surface area contributed by atoms with Crippen LogP contribution in [-0.4, -0.2) is 42.3 Å². The van der Waals surface area contributed by atoms with E-state index in [1.807, 2.05) is 0 Å². The van der Waals surface area contributed by atoms with Crippen LogP contribution in [0.1, 0.15) is 49.5 Å². The maximum Gasteiger partial charge on any atom is 0.354 e. The van der Waals surface area contributed by atoms with Crippen molar-refractivity contribution in [3.8, 4) is 0 Å². The largest absolute Gasteiger partial charge is 0.477 e. The van der Waals surface area contributed by atoms with Gasteiger partial charge in [0.2, 0.25) is 0 Å². The van der Waals surface area contributed by atoms with Crippen molar-refractivity contribution in [3.05, 3.63) is 30.1 Å². The molecule has 0 amide bonds. The van der Waals surface area contributed by atoms with Gasteiger partial charge in [-0.1, -0.05) is 25.8 Å². The van der Waals surface area contributed by atoms with E-state index in [4.69, 9.17) is 9.84 Å². The quantitative estimate of drug-likeness (QED) is 0.806. The van der Waals surface area contributed by atoms with Gasteiger partial charge in [-0.05, 0) is 31.4 Å². The second kappa shape index (κ2) is 9.53. The summed E-state index contributed by atoms with van der Waals surface area (Å²) in [6.07, 6.45) is 5.85. The molecular formula is C15H23NO5S. The Morgan fingerprint density at radius 3 is 2.64 bits per heavy atom. The Morgan fingerprint density at radius 2 is 2.18 bits per heavy atom. The van der Waals surface area contributed by atoms with E-state index in [-0.39, 0.29) is 5.69 Å². The Kier molecular flexibility index (Phi) is 8.05. The highest BCUT2D eigenvalue weighted by Crippen LogP contribution is 2.19. The fraction of sp³-hybridized carbons (Fsp3) is 0.600. The predicted molar refractivity (Wildman–Crippen MR) is 83.5 cm³/mol. The molecule has 7 heteroatoms. The van der Waals surface area contributed by atoms with Crippen molar-refractivity contribution in [1.82, 2.24) is 4.98 Å².